The summed E-state index contributed by atoms with van der Waals surface area (Å²) in [6.07, 6.45) is 7.19. The van der Waals surface area contributed by atoms with Gasteiger partial charge in [-0.05, 0) is 67.7 Å². The fourth-order valence-electron chi connectivity index (χ4n) is 4.34. The first-order chi connectivity index (χ1) is 10.3. The van der Waals surface area contributed by atoms with E-state index in [1.165, 1.54) is 49.9 Å². The van der Waals surface area contributed by atoms with Crippen LogP contribution in [0.2, 0.25) is 0 Å². The summed E-state index contributed by atoms with van der Waals surface area (Å²) in [5, 5.41) is 3.46. The average Bonchev–Trinajstić information content (AvgIpc) is 3.11. The van der Waals surface area contributed by atoms with Crippen LogP contribution in [0.5, 0.6) is 0 Å². The highest BCUT2D eigenvalue weighted by atomic mass is 15.1. The van der Waals surface area contributed by atoms with Gasteiger partial charge >= 0.3 is 0 Å². The summed E-state index contributed by atoms with van der Waals surface area (Å²) in [7, 11) is 2.26. The number of benzene rings is 1. The molecule has 0 radical (unpaired) electrons. The van der Waals surface area contributed by atoms with Gasteiger partial charge in [-0.2, -0.15) is 0 Å². The first kappa shape index (κ1) is 14.9. The summed E-state index contributed by atoms with van der Waals surface area (Å²) in [5.41, 5.74) is 2.76. The summed E-state index contributed by atoms with van der Waals surface area (Å²) in [6.45, 7) is 5.55. The van der Waals surface area contributed by atoms with Gasteiger partial charge in [0.2, 0.25) is 0 Å². The fourth-order valence-corrected chi connectivity index (χ4v) is 4.34. The molecule has 0 aromatic heterocycles. The van der Waals surface area contributed by atoms with Crippen LogP contribution in [0.25, 0.3) is 0 Å². The second-order valence-electron chi connectivity index (χ2n) is 7.16. The molecule has 2 heteroatoms. The van der Waals surface area contributed by atoms with Gasteiger partial charge in [-0.1, -0.05) is 25.5 Å². The zero-order valence-corrected chi connectivity index (χ0v) is 13.6. The molecule has 2 aliphatic carbocycles. The molecular weight excluding hydrogens is 256 g/mol. The van der Waals surface area contributed by atoms with Crippen molar-refractivity contribution in [3.05, 3.63) is 29.8 Å². The SMILES string of the molecule is CCCNCc1ccc(N(C)CC2CC3CCC2C3)cc1. The molecule has 2 aliphatic rings. The van der Waals surface area contributed by atoms with Crippen LogP contribution in [0.1, 0.15) is 44.6 Å². The van der Waals surface area contributed by atoms with Crippen molar-refractivity contribution in [2.75, 3.05) is 25.0 Å². The summed E-state index contributed by atoms with van der Waals surface area (Å²) in [4.78, 5) is 2.47. The molecule has 3 atom stereocenters. The number of rotatable bonds is 7. The molecule has 2 saturated carbocycles. The monoisotopic (exact) mass is 286 g/mol. The zero-order valence-electron chi connectivity index (χ0n) is 13.6. The van der Waals surface area contributed by atoms with Gasteiger partial charge in [0.1, 0.15) is 0 Å². The van der Waals surface area contributed by atoms with Crippen molar-refractivity contribution in [1.82, 2.24) is 5.32 Å². The van der Waals surface area contributed by atoms with Crippen molar-refractivity contribution in [1.29, 1.82) is 0 Å². The van der Waals surface area contributed by atoms with Gasteiger partial charge in [-0.3, -0.25) is 0 Å². The lowest BCUT2D eigenvalue weighted by Crippen LogP contribution is -2.28. The Morgan fingerprint density at radius 1 is 1.14 bits per heavy atom. The molecule has 3 unspecified atom stereocenters. The van der Waals surface area contributed by atoms with Crippen molar-refractivity contribution >= 4 is 5.69 Å². The third kappa shape index (κ3) is 3.60. The Morgan fingerprint density at radius 3 is 2.57 bits per heavy atom. The molecule has 0 saturated heterocycles. The van der Waals surface area contributed by atoms with Crippen LogP contribution < -0.4 is 10.2 Å². The predicted molar refractivity (Wildman–Crippen MR) is 90.6 cm³/mol. The topological polar surface area (TPSA) is 15.3 Å². The van der Waals surface area contributed by atoms with Crippen LogP contribution >= 0.6 is 0 Å². The summed E-state index contributed by atoms with van der Waals surface area (Å²) < 4.78 is 0. The molecule has 2 nitrogen and oxygen atoms in total. The minimum atomic E-state index is 0.944. The highest BCUT2D eigenvalue weighted by molar-refractivity contribution is 5.47. The van der Waals surface area contributed by atoms with Crippen LogP contribution in [-0.4, -0.2) is 20.1 Å². The van der Waals surface area contributed by atoms with Crippen molar-refractivity contribution < 1.29 is 0 Å². The smallest absolute Gasteiger partial charge is 0.0363 e. The Hall–Kier alpha value is -1.02. The van der Waals surface area contributed by atoms with Crippen molar-refractivity contribution in [3.8, 4) is 0 Å². The third-order valence-corrected chi connectivity index (χ3v) is 5.53. The molecule has 0 spiro atoms. The standard InChI is InChI=1S/C19H30N2/c1-3-10-20-13-15-5-8-19(9-6-15)21(2)14-18-12-16-4-7-17(18)11-16/h5-6,8-9,16-18,20H,3-4,7,10-14H2,1-2H3. The van der Waals surface area contributed by atoms with Gasteiger partial charge in [0.05, 0.1) is 0 Å². The number of nitrogens with zero attached hydrogens (tertiary/aromatic N) is 1. The second kappa shape index (κ2) is 6.83. The van der Waals surface area contributed by atoms with Gasteiger partial charge < -0.3 is 10.2 Å². The lowest BCUT2D eigenvalue weighted by molar-refractivity contribution is 0.337. The lowest BCUT2D eigenvalue weighted by atomic mass is 9.88. The number of fused-ring (bicyclic) bond motifs is 2. The molecule has 116 valence electrons. The van der Waals surface area contributed by atoms with Gasteiger partial charge in [-0.25, -0.2) is 0 Å². The Labute approximate surface area is 129 Å². The Kier molecular flexibility index (Phi) is 4.84. The minimum Gasteiger partial charge on any atom is -0.374 e. The van der Waals surface area contributed by atoms with Crippen molar-refractivity contribution in [3.63, 3.8) is 0 Å². The quantitative estimate of drug-likeness (QED) is 0.760. The normalized spacial score (nSPS) is 27.2. The molecule has 0 aliphatic heterocycles. The van der Waals surface area contributed by atoms with E-state index in [2.05, 4.69) is 48.5 Å². The van der Waals surface area contributed by atoms with Crippen LogP contribution in [0, 0.1) is 17.8 Å². The highest BCUT2D eigenvalue weighted by Crippen LogP contribution is 2.48. The van der Waals surface area contributed by atoms with Crippen LogP contribution in [0.3, 0.4) is 0 Å². The number of hydrogen-bond donors (Lipinski definition) is 1. The number of hydrogen-bond acceptors (Lipinski definition) is 2. The van der Waals surface area contributed by atoms with E-state index in [0.717, 1.165) is 30.8 Å². The van der Waals surface area contributed by atoms with E-state index in [0.29, 0.717) is 0 Å². The Bertz CT molecular complexity index is 439. The van der Waals surface area contributed by atoms with E-state index in [9.17, 15) is 0 Å². The summed E-state index contributed by atoms with van der Waals surface area (Å²) >= 11 is 0. The van der Waals surface area contributed by atoms with E-state index in [4.69, 9.17) is 0 Å². The van der Waals surface area contributed by atoms with Crippen LogP contribution in [-0.2, 0) is 6.54 Å². The van der Waals surface area contributed by atoms with Gasteiger partial charge in [0, 0.05) is 25.8 Å². The van der Waals surface area contributed by atoms with Gasteiger partial charge in [0.25, 0.3) is 0 Å². The first-order valence-electron chi connectivity index (χ1n) is 8.77. The molecule has 1 N–H and O–H groups in total. The van der Waals surface area contributed by atoms with Crippen molar-refractivity contribution in [2.45, 2.75) is 45.6 Å². The van der Waals surface area contributed by atoms with Gasteiger partial charge in [-0.15, -0.1) is 0 Å². The van der Waals surface area contributed by atoms with E-state index >= 15 is 0 Å². The van der Waals surface area contributed by atoms with Crippen molar-refractivity contribution in [2.24, 2.45) is 17.8 Å². The van der Waals surface area contributed by atoms with Gasteiger partial charge in [0.15, 0.2) is 0 Å². The first-order valence-corrected chi connectivity index (χ1v) is 8.77. The van der Waals surface area contributed by atoms with Crippen LogP contribution in [0.15, 0.2) is 24.3 Å². The maximum absolute atomic E-state index is 3.46. The Morgan fingerprint density at radius 2 is 1.95 bits per heavy atom. The fraction of sp³-hybridized carbons (Fsp3) is 0.684. The predicted octanol–water partition coefficient (Wildman–Crippen LogP) is 4.06. The molecular formula is C19H30N2. The maximum atomic E-state index is 3.46. The Balaban J connectivity index is 1.51. The molecule has 2 bridgehead atoms. The van der Waals surface area contributed by atoms with E-state index in [-0.39, 0.29) is 0 Å². The molecule has 2 fully saturated rings. The zero-order chi connectivity index (χ0) is 14.7. The lowest BCUT2D eigenvalue weighted by Gasteiger charge is -2.28. The number of anilines is 1. The third-order valence-electron chi connectivity index (χ3n) is 5.53. The van der Waals surface area contributed by atoms with Crippen LogP contribution in [0.4, 0.5) is 5.69 Å². The number of nitrogens with one attached hydrogen (secondary N) is 1. The second-order valence-corrected chi connectivity index (χ2v) is 7.16. The highest BCUT2D eigenvalue weighted by Gasteiger charge is 2.39. The summed E-state index contributed by atoms with van der Waals surface area (Å²) in [6, 6.07) is 9.12. The molecule has 0 heterocycles. The molecule has 0 amide bonds. The van der Waals surface area contributed by atoms with E-state index in [1.807, 2.05) is 0 Å². The molecule has 1 aromatic rings. The average molecular weight is 286 g/mol. The molecule has 21 heavy (non-hydrogen) atoms. The minimum absolute atomic E-state index is 0.944. The molecule has 3 rings (SSSR count). The summed E-state index contributed by atoms with van der Waals surface area (Å²) in [5.74, 6) is 3.02. The molecule has 1 aromatic carbocycles. The largest absolute Gasteiger partial charge is 0.374 e. The maximum Gasteiger partial charge on any atom is 0.0363 e. The van der Waals surface area contributed by atoms with E-state index in [1.54, 1.807) is 0 Å². The van der Waals surface area contributed by atoms with E-state index < -0.39 is 0 Å².